The zero-order valence-corrected chi connectivity index (χ0v) is 9.80. The van der Waals surface area contributed by atoms with Crippen LogP contribution < -0.4 is 10.2 Å². The number of halogens is 3. The molecule has 1 heterocycles. The number of aromatic nitrogens is 1. The van der Waals surface area contributed by atoms with Crippen molar-refractivity contribution in [2.45, 2.75) is 25.6 Å². The molecule has 0 spiro atoms. The highest BCUT2D eigenvalue weighted by Crippen LogP contribution is 2.26. The summed E-state index contributed by atoms with van der Waals surface area (Å²) in [5.41, 5.74) is 1.91. The minimum atomic E-state index is -4.75. The number of alkyl halides is 3. The van der Waals surface area contributed by atoms with Gasteiger partial charge < -0.3 is 9.72 Å². The third-order valence-corrected chi connectivity index (χ3v) is 3.25. The Hall–Kier alpha value is -1.98. The van der Waals surface area contributed by atoms with Gasteiger partial charge in [-0.05, 0) is 37.5 Å². The summed E-state index contributed by atoms with van der Waals surface area (Å²) in [5, 5.41) is 0.238. The molecule has 0 bridgehead atoms. The maximum absolute atomic E-state index is 12.2. The number of aromatic amines is 1. The van der Waals surface area contributed by atoms with E-state index >= 15 is 0 Å². The van der Waals surface area contributed by atoms with Crippen molar-refractivity contribution in [3.05, 3.63) is 39.7 Å². The van der Waals surface area contributed by atoms with Crippen molar-refractivity contribution in [3.8, 4) is 5.75 Å². The summed E-state index contributed by atoms with van der Waals surface area (Å²) in [7, 11) is 0. The number of nitrogens with one attached hydrogen (secondary N) is 1. The molecule has 1 aliphatic rings. The van der Waals surface area contributed by atoms with E-state index in [1.807, 2.05) is 0 Å². The normalized spacial score (nSPS) is 14.7. The maximum atomic E-state index is 12.2. The van der Waals surface area contributed by atoms with Crippen LogP contribution in [0.15, 0.2) is 23.0 Å². The molecule has 1 aliphatic carbocycles. The van der Waals surface area contributed by atoms with Crippen LogP contribution in [-0.2, 0) is 12.8 Å². The number of rotatable bonds is 1. The van der Waals surface area contributed by atoms with E-state index in [1.54, 1.807) is 0 Å². The molecule has 100 valence electrons. The Morgan fingerprint density at radius 2 is 2.00 bits per heavy atom. The highest BCUT2D eigenvalue weighted by molar-refractivity contribution is 5.81. The zero-order valence-electron chi connectivity index (χ0n) is 9.80. The predicted molar refractivity (Wildman–Crippen MR) is 63.3 cm³/mol. The van der Waals surface area contributed by atoms with Crippen molar-refractivity contribution in [3.63, 3.8) is 0 Å². The molecule has 0 radical (unpaired) electrons. The van der Waals surface area contributed by atoms with Gasteiger partial charge in [0.2, 0.25) is 0 Å². The topological polar surface area (TPSA) is 42.1 Å². The highest BCUT2D eigenvalue weighted by atomic mass is 19.4. The average molecular weight is 269 g/mol. The fraction of sp³-hybridized carbons (Fsp3) is 0.308. The Morgan fingerprint density at radius 3 is 2.74 bits per heavy atom. The van der Waals surface area contributed by atoms with Gasteiger partial charge in [0.25, 0.3) is 0 Å². The Morgan fingerprint density at radius 1 is 1.21 bits per heavy atom. The van der Waals surface area contributed by atoms with Crippen molar-refractivity contribution < 1.29 is 17.9 Å². The molecule has 1 aromatic carbocycles. The quantitative estimate of drug-likeness (QED) is 0.864. The predicted octanol–water partition coefficient (Wildman–Crippen LogP) is 2.92. The summed E-state index contributed by atoms with van der Waals surface area (Å²) in [6.45, 7) is 0. The van der Waals surface area contributed by atoms with Gasteiger partial charge in [0.15, 0.2) is 5.43 Å². The first-order valence-electron chi connectivity index (χ1n) is 5.87. The van der Waals surface area contributed by atoms with Crippen LogP contribution >= 0.6 is 0 Å². The summed E-state index contributed by atoms with van der Waals surface area (Å²) in [6, 6.07) is 3.78. The summed E-state index contributed by atoms with van der Waals surface area (Å²) in [6.07, 6.45) is -2.38. The first-order chi connectivity index (χ1) is 8.94. The van der Waals surface area contributed by atoms with Crippen molar-refractivity contribution in [1.29, 1.82) is 0 Å². The maximum Gasteiger partial charge on any atom is 0.573 e. The van der Waals surface area contributed by atoms with Gasteiger partial charge in [-0.15, -0.1) is 13.2 Å². The van der Waals surface area contributed by atoms with Crippen molar-refractivity contribution in [2.75, 3.05) is 0 Å². The molecule has 19 heavy (non-hydrogen) atoms. The molecule has 6 heteroatoms. The molecule has 0 saturated heterocycles. The fourth-order valence-electron chi connectivity index (χ4n) is 2.47. The van der Waals surface area contributed by atoms with E-state index in [9.17, 15) is 18.0 Å². The number of pyridine rings is 1. The lowest BCUT2D eigenvalue weighted by Crippen LogP contribution is -2.17. The molecular weight excluding hydrogens is 259 g/mol. The van der Waals surface area contributed by atoms with Gasteiger partial charge in [0.1, 0.15) is 5.75 Å². The molecule has 1 aromatic heterocycles. The summed E-state index contributed by atoms with van der Waals surface area (Å²) >= 11 is 0. The SMILES string of the molecule is O=c1c2c([nH]c3ccc(OC(F)(F)F)cc13)CCC2. The van der Waals surface area contributed by atoms with Crippen LogP contribution in [0, 0.1) is 0 Å². The number of fused-ring (bicyclic) bond motifs is 2. The number of hydrogen-bond donors (Lipinski definition) is 1. The lowest BCUT2D eigenvalue weighted by atomic mass is 10.1. The lowest BCUT2D eigenvalue weighted by molar-refractivity contribution is -0.274. The van der Waals surface area contributed by atoms with Gasteiger partial charge in [-0.25, -0.2) is 0 Å². The van der Waals surface area contributed by atoms with Gasteiger partial charge in [-0.2, -0.15) is 0 Å². The molecule has 0 atom stereocenters. The molecule has 2 aromatic rings. The van der Waals surface area contributed by atoms with Crippen LogP contribution in [0.25, 0.3) is 10.9 Å². The van der Waals surface area contributed by atoms with E-state index in [0.717, 1.165) is 24.6 Å². The van der Waals surface area contributed by atoms with Crippen LogP contribution in [0.2, 0.25) is 0 Å². The van der Waals surface area contributed by atoms with Crippen molar-refractivity contribution in [2.24, 2.45) is 0 Å². The van der Waals surface area contributed by atoms with Crippen LogP contribution in [0.5, 0.6) is 5.75 Å². The van der Waals surface area contributed by atoms with Crippen LogP contribution in [-0.4, -0.2) is 11.3 Å². The first-order valence-corrected chi connectivity index (χ1v) is 5.87. The number of benzene rings is 1. The molecule has 3 rings (SSSR count). The molecule has 0 fully saturated rings. The third-order valence-electron chi connectivity index (χ3n) is 3.25. The van der Waals surface area contributed by atoms with E-state index in [-0.39, 0.29) is 16.6 Å². The van der Waals surface area contributed by atoms with Crippen molar-refractivity contribution in [1.82, 2.24) is 4.98 Å². The number of aryl methyl sites for hydroxylation is 1. The van der Waals surface area contributed by atoms with Crippen LogP contribution in [0.3, 0.4) is 0 Å². The number of hydrogen-bond acceptors (Lipinski definition) is 2. The number of H-pyrrole nitrogens is 1. The Labute approximate surface area is 106 Å². The average Bonchev–Trinajstić information content (AvgIpc) is 2.76. The van der Waals surface area contributed by atoms with Gasteiger partial charge >= 0.3 is 6.36 Å². The zero-order chi connectivity index (χ0) is 13.6. The van der Waals surface area contributed by atoms with Crippen LogP contribution in [0.4, 0.5) is 13.2 Å². The summed E-state index contributed by atoms with van der Waals surface area (Å²) < 4.78 is 40.3. The van der Waals surface area contributed by atoms with E-state index in [0.29, 0.717) is 17.5 Å². The summed E-state index contributed by atoms with van der Waals surface area (Å²) in [5.74, 6) is -0.372. The Balaban J connectivity index is 2.16. The fourth-order valence-corrected chi connectivity index (χ4v) is 2.47. The second-order valence-electron chi connectivity index (χ2n) is 4.52. The minimum absolute atomic E-state index is 0.200. The van der Waals surface area contributed by atoms with Gasteiger partial charge in [0, 0.05) is 22.2 Å². The van der Waals surface area contributed by atoms with E-state index in [4.69, 9.17) is 0 Å². The van der Waals surface area contributed by atoms with Gasteiger partial charge in [0.05, 0.1) is 0 Å². The second kappa shape index (κ2) is 4.01. The molecule has 0 aliphatic heterocycles. The standard InChI is InChI=1S/C13H10F3NO2/c14-13(15,16)19-7-4-5-11-9(6-7)12(18)8-2-1-3-10(8)17-11/h4-6H,1-3H2,(H,17,18). The second-order valence-corrected chi connectivity index (χ2v) is 4.52. The third kappa shape index (κ3) is 2.18. The molecule has 0 saturated carbocycles. The molecule has 0 amide bonds. The smallest absolute Gasteiger partial charge is 0.406 e. The first kappa shape index (κ1) is 12.1. The van der Waals surface area contributed by atoms with Gasteiger partial charge in [-0.3, -0.25) is 4.79 Å². The molecule has 3 nitrogen and oxygen atoms in total. The highest BCUT2D eigenvalue weighted by Gasteiger charge is 2.31. The van der Waals surface area contributed by atoms with E-state index < -0.39 is 6.36 Å². The minimum Gasteiger partial charge on any atom is -0.406 e. The Bertz CT molecular complexity index is 703. The van der Waals surface area contributed by atoms with Crippen LogP contribution in [0.1, 0.15) is 17.7 Å². The molecular formula is C13H10F3NO2. The molecule has 0 unspecified atom stereocenters. The van der Waals surface area contributed by atoms with E-state index in [2.05, 4.69) is 9.72 Å². The summed E-state index contributed by atoms with van der Waals surface area (Å²) in [4.78, 5) is 15.3. The largest absolute Gasteiger partial charge is 0.573 e. The monoisotopic (exact) mass is 269 g/mol. The lowest BCUT2D eigenvalue weighted by Gasteiger charge is -2.10. The van der Waals surface area contributed by atoms with Crippen molar-refractivity contribution >= 4 is 10.9 Å². The van der Waals surface area contributed by atoms with Gasteiger partial charge in [-0.1, -0.05) is 0 Å². The van der Waals surface area contributed by atoms with E-state index in [1.165, 1.54) is 12.1 Å². The molecule has 1 N–H and O–H groups in total. The number of ether oxygens (including phenoxy) is 1. The Kier molecular flexibility index (Phi) is 2.55.